The maximum atomic E-state index is 11.3. The molecule has 0 bridgehead atoms. The summed E-state index contributed by atoms with van der Waals surface area (Å²) in [6.07, 6.45) is 2.86. The van der Waals surface area contributed by atoms with Crippen molar-refractivity contribution >= 4 is 39.6 Å². The van der Waals surface area contributed by atoms with Crippen LogP contribution in [0.1, 0.15) is 12.5 Å². The Morgan fingerprint density at radius 3 is 2.89 bits per heavy atom. The predicted molar refractivity (Wildman–Crippen MR) is 105 cm³/mol. The number of halogens is 1. The molecule has 1 aromatic carbocycles. The van der Waals surface area contributed by atoms with Crippen LogP contribution in [0.15, 0.2) is 40.0 Å². The first kappa shape index (κ1) is 21.1. The van der Waals surface area contributed by atoms with Gasteiger partial charge in [0.25, 0.3) is 0 Å². The first-order valence-corrected chi connectivity index (χ1v) is 8.80. The molecule has 1 aromatic heterocycles. The zero-order valence-electron chi connectivity index (χ0n) is 15.0. The molecule has 11 heteroatoms. The molecule has 0 fully saturated rings. The molecule has 0 atom stereocenters. The Hall–Kier alpha value is -3.21. The highest BCUT2D eigenvalue weighted by Crippen LogP contribution is 2.36. The molecule has 0 saturated heterocycles. The number of ether oxygens (including phenoxy) is 3. The van der Waals surface area contributed by atoms with Gasteiger partial charge in [-0.05, 0) is 46.6 Å². The molecule has 1 heterocycles. The summed E-state index contributed by atoms with van der Waals surface area (Å²) in [5.74, 6) is 0.232. The quantitative estimate of drug-likeness (QED) is 0.266. The molecule has 2 rings (SSSR count). The van der Waals surface area contributed by atoms with Gasteiger partial charge in [-0.3, -0.25) is 15.5 Å². The van der Waals surface area contributed by atoms with Crippen LogP contribution in [-0.2, 0) is 9.53 Å². The van der Waals surface area contributed by atoms with Crippen LogP contribution in [0, 0.1) is 10.1 Å². The third kappa shape index (κ3) is 5.64. The Morgan fingerprint density at radius 2 is 2.21 bits per heavy atom. The van der Waals surface area contributed by atoms with Crippen molar-refractivity contribution < 1.29 is 23.9 Å². The van der Waals surface area contributed by atoms with Crippen molar-refractivity contribution in [2.75, 3.05) is 25.7 Å². The van der Waals surface area contributed by atoms with Crippen LogP contribution in [0.25, 0.3) is 0 Å². The number of pyridine rings is 1. The maximum absolute atomic E-state index is 11.3. The van der Waals surface area contributed by atoms with Gasteiger partial charge in [0.15, 0.2) is 18.1 Å². The van der Waals surface area contributed by atoms with E-state index >= 15 is 0 Å². The van der Waals surface area contributed by atoms with Crippen LogP contribution in [0.4, 0.5) is 11.5 Å². The van der Waals surface area contributed by atoms with Gasteiger partial charge in [-0.1, -0.05) is 0 Å². The van der Waals surface area contributed by atoms with Crippen molar-refractivity contribution in [1.29, 1.82) is 0 Å². The van der Waals surface area contributed by atoms with Crippen molar-refractivity contribution in [1.82, 2.24) is 4.98 Å². The fourth-order valence-electron chi connectivity index (χ4n) is 2.05. The van der Waals surface area contributed by atoms with Crippen molar-refractivity contribution in [2.24, 2.45) is 5.10 Å². The van der Waals surface area contributed by atoms with E-state index < -0.39 is 10.9 Å². The van der Waals surface area contributed by atoms with E-state index in [0.29, 0.717) is 28.1 Å². The number of hydrogen-bond acceptors (Lipinski definition) is 9. The molecule has 0 saturated carbocycles. The average molecular weight is 453 g/mol. The molecule has 28 heavy (non-hydrogen) atoms. The lowest BCUT2D eigenvalue weighted by Crippen LogP contribution is -2.13. The van der Waals surface area contributed by atoms with Gasteiger partial charge in [0.2, 0.25) is 5.82 Å². The number of nitro groups is 1. The van der Waals surface area contributed by atoms with E-state index in [1.165, 1.54) is 31.7 Å². The molecular weight excluding hydrogens is 436 g/mol. The summed E-state index contributed by atoms with van der Waals surface area (Å²) >= 11 is 3.37. The zero-order chi connectivity index (χ0) is 20.5. The number of anilines is 1. The van der Waals surface area contributed by atoms with E-state index in [-0.39, 0.29) is 18.1 Å². The van der Waals surface area contributed by atoms with E-state index in [4.69, 9.17) is 9.47 Å². The number of nitrogens with one attached hydrogen (secondary N) is 1. The predicted octanol–water partition coefficient (Wildman–Crippen LogP) is 3.15. The van der Waals surface area contributed by atoms with Crippen LogP contribution >= 0.6 is 15.9 Å². The molecule has 10 nitrogen and oxygen atoms in total. The summed E-state index contributed by atoms with van der Waals surface area (Å²) in [5, 5.41) is 15.0. The first-order chi connectivity index (χ1) is 13.5. The minimum Gasteiger partial charge on any atom is -0.490 e. The summed E-state index contributed by atoms with van der Waals surface area (Å²) < 4.78 is 16.1. The molecule has 0 unspecified atom stereocenters. The lowest BCUT2D eigenvalue weighted by atomic mass is 10.2. The first-order valence-electron chi connectivity index (χ1n) is 8.00. The highest BCUT2D eigenvalue weighted by atomic mass is 79.9. The van der Waals surface area contributed by atoms with Crippen LogP contribution in [-0.4, -0.2) is 42.4 Å². The van der Waals surface area contributed by atoms with Crippen molar-refractivity contribution in [3.8, 4) is 11.5 Å². The molecule has 0 amide bonds. The number of rotatable bonds is 9. The smallest absolute Gasteiger partial charge is 0.343 e. The third-order valence-electron chi connectivity index (χ3n) is 3.26. The Balaban J connectivity index is 2.21. The largest absolute Gasteiger partial charge is 0.490 e. The topological polar surface area (TPSA) is 125 Å². The SMILES string of the molecule is CCOc1cc(/C=N\Nc2ncccc2[N+](=O)[O-])cc(Br)c1OCC(=O)OC. The second-order valence-electron chi connectivity index (χ2n) is 5.13. The zero-order valence-corrected chi connectivity index (χ0v) is 16.6. The lowest BCUT2D eigenvalue weighted by Gasteiger charge is -2.13. The number of hydrogen-bond donors (Lipinski definition) is 1. The number of carbonyl (C=O) groups excluding carboxylic acids is 1. The summed E-state index contributed by atoms with van der Waals surface area (Å²) in [7, 11) is 1.27. The summed E-state index contributed by atoms with van der Waals surface area (Å²) in [5.41, 5.74) is 2.97. The van der Waals surface area contributed by atoms with Gasteiger partial charge in [-0.15, -0.1) is 0 Å². The minimum atomic E-state index is -0.553. The molecule has 0 spiro atoms. The number of methoxy groups -OCH3 is 1. The van der Waals surface area contributed by atoms with E-state index in [1.807, 2.05) is 0 Å². The van der Waals surface area contributed by atoms with Crippen LogP contribution < -0.4 is 14.9 Å². The van der Waals surface area contributed by atoms with Gasteiger partial charge in [0.1, 0.15) is 0 Å². The Labute approximate surface area is 168 Å². The Morgan fingerprint density at radius 1 is 1.43 bits per heavy atom. The molecule has 148 valence electrons. The third-order valence-corrected chi connectivity index (χ3v) is 3.85. The minimum absolute atomic E-state index is 0.0193. The van der Waals surface area contributed by atoms with Crippen LogP contribution in [0.2, 0.25) is 0 Å². The molecule has 2 aromatic rings. The number of hydrazone groups is 1. The Kier molecular flexibility index (Phi) is 7.69. The fourth-order valence-corrected chi connectivity index (χ4v) is 2.63. The van der Waals surface area contributed by atoms with Gasteiger partial charge < -0.3 is 14.2 Å². The number of aromatic nitrogens is 1. The van der Waals surface area contributed by atoms with Gasteiger partial charge in [-0.2, -0.15) is 5.10 Å². The second-order valence-corrected chi connectivity index (χ2v) is 5.98. The number of carbonyl (C=O) groups is 1. The van der Waals surface area contributed by atoms with Crippen molar-refractivity contribution in [2.45, 2.75) is 6.92 Å². The van der Waals surface area contributed by atoms with Gasteiger partial charge >= 0.3 is 11.7 Å². The van der Waals surface area contributed by atoms with Gasteiger partial charge in [0.05, 0.1) is 29.3 Å². The van der Waals surface area contributed by atoms with Crippen molar-refractivity contribution in [3.05, 3.63) is 50.6 Å². The van der Waals surface area contributed by atoms with Crippen LogP contribution in [0.3, 0.4) is 0 Å². The summed E-state index contributed by atoms with van der Waals surface area (Å²) in [6, 6.07) is 6.12. The standard InChI is InChI=1S/C17H17BrN4O6/c1-3-27-14-8-11(7-12(18)16(14)28-10-15(23)26-2)9-20-21-17-13(22(24)25)5-4-6-19-17/h4-9H,3,10H2,1-2H3,(H,19,21)/b20-9-. The number of esters is 1. The average Bonchev–Trinajstić information content (AvgIpc) is 2.67. The molecule has 0 radical (unpaired) electrons. The number of benzene rings is 1. The summed E-state index contributed by atoms with van der Waals surface area (Å²) in [4.78, 5) is 25.6. The molecule has 0 aliphatic carbocycles. The fraction of sp³-hybridized carbons (Fsp3) is 0.235. The van der Waals surface area contributed by atoms with Crippen LogP contribution in [0.5, 0.6) is 11.5 Å². The molecule has 0 aliphatic rings. The highest BCUT2D eigenvalue weighted by Gasteiger charge is 2.15. The van der Waals surface area contributed by atoms with E-state index in [9.17, 15) is 14.9 Å². The van der Waals surface area contributed by atoms with Crippen molar-refractivity contribution in [3.63, 3.8) is 0 Å². The molecule has 1 N–H and O–H groups in total. The Bertz CT molecular complexity index is 890. The maximum Gasteiger partial charge on any atom is 0.343 e. The second kappa shape index (κ2) is 10.2. The lowest BCUT2D eigenvalue weighted by molar-refractivity contribution is -0.384. The van der Waals surface area contributed by atoms with E-state index in [1.54, 1.807) is 19.1 Å². The normalized spacial score (nSPS) is 10.5. The number of nitrogens with zero attached hydrogens (tertiary/aromatic N) is 3. The van der Waals surface area contributed by atoms with Gasteiger partial charge in [-0.25, -0.2) is 9.78 Å². The molecular formula is C17H17BrN4O6. The monoisotopic (exact) mass is 452 g/mol. The van der Waals surface area contributed by atoms with E-state index in [0.717, 1.165) is 0 Å². The molecule has 0 aliphatic heterocycles. The summed E-state index contributed by atoms with van der Waals surface area (Å²) in [6.45, 7) is 1.91. The van der Waals surface area contributed by atoms with Gasteiger partial charge in [0, 0.05) is 12.3 Å². The van der Waals surface area contributed by atoms with E-state index in [2.05, 4.69) is 36.2 Å². The highest BCUT2D eigenvalue weighted by molar-refractivity contribution is 9.10.